The number of hydrogen-bond acceptors (Lipinski definition) is 2. The fourth-order valence-electron chi connectivity index (χ4n) is 2.67. The molecule has 0 saturated carbocycles. The van der Waals surface area contributed by atoms with E-state index in [0.29, 0.717) is 0 Å². The summed E-state index contributed by atoms with van der Waals surface area (Å²) in [6.07, 6.45) is 6.15. The van der Waals surface area contributed by atoms with Crippen LogP contribution in [0.15, 0.2) is 18.2 Å². The maximum Gasteiger partial charge on any atom is 0.0471 e. The predicted molar refractivity (Wildman–Crippen MR) is 72.6 cm³/mol. The van der Waals surface area contributed by atoms with Gasteiger partial charge in [0.25, 0.3) is 0 Å². The van der Waals surface area contributed by atoms with Gasteiger partial charge in [-0.1, -0.05) is 25.0 Å². The minimum Gasteiger partial charge on any atom is -0.396 e. The normalized spacial score (nSPS) is 16.9. The Hall–Kier alpha value is -1.02. The Balaban J connectivity index is 2.14. The molecule has 1 aromatic rings. The van der Waals surface area contributed by atoms with Crippen LogP contribution in [0.4, 0.5) is 5.69 Å². The molecule has 0 spiro atoms. The summed E-state index contributed by atoms with van der Waals surface area (Å²) < 4.78 is 0. The summed E-state index contributed by atoms with van der Waals surface area (Å²) in [6, 6.07) is 6.60. The predicted octanol–water partition coefficient (Wildman–Crippen LogP) is 2.91. The number of benzene rings is 1. The molecule has 1 aromatic carbocycles. The third-order valence-corrected chi connectivity index (χ3v) is 3.61. The van der Waals surface area contributed by atoms with Crippen LogP contribution in [0.2, 0.25) is 0 Å². The van der Waals surface area contributed by atoms with Crippen molar-refractivity contribution in [3.05, 3.63) is 29.3 Å². The second-order valence-electron chi connectivity index (χ2n) is 5.00. The topological polar surface area (TPSA) is 23.5 Å². The van der Waals surface area contributed by atoms with Gasteiger partial charge in [-0.3, -0.25) is 0 Å². The molecule has 0 aliphatic carbocycles. The molecule has 0 unspecified atom stereocenters. The molecule has 2 heteroatoms. The molecule has 1 N–H and O–H groups in total. The quantitative estimate of drug-likeness (QED) is 0.867. The number of aryl methyl sites for hydroxylation is 1. The Morgan fingerprint density at radius 1 is 1.12 bits per heavy atom. The molecule has 2 nitrogen and oxygen atoms in total. The molecule has 0 aromatic heterocycles. The van der Waals surface area contributed by atoms with Gasteiger partial charge in [-0.2, -0.15) is 0 Å². The molecule has 0 amide bonds. The van der Waals surface area contributed by atoms with Gasteiger partial charge < -0.3 is 10.0 Å². The fraction of sp³-hybridized carbons (Fsp3) is 0.600. The van der Waals surface area contributed by atoms with Gasteiger partial charge in [0.05, 0.1) is 0 Å². The highest BCUT2D eigenvalue weighted by molar-refractivity contribution is 5.54. The molecule has 0 bridgehead atoms. The van der Waals surface area contributed by atoms with Gasteiger partial charge in [0.1, 0.15) is 0 Å². The maximum absolute atomic E-state index is 8.96. The van der Waals surface area contributed by atoms with Gasteiger partial charge in [0.2, 0.25) is 0 Å². The van der Waals surface area contributed by atoms with E-state index in [-0.39, 0.29) is 6.61 Å². The zero-order valence-electron chi connectivity index (χ0n) is 10.8. The second kappa shape index (κ2) is 6.06. The molecule has 17 heavy (non-hydrogen) atoms. The molecule has 1 fully saturated rings. The lowest BCUT2D eigenvalue weighted by atomic mass is 10.1. The van der Waals surface area contributed by atoms with E-state index in [0.717, 1.165) is 6.42 Å². The highest BCUT2D eigenvalue weighted by Crippen LogP contribution is 2.24. The molecular formula is C15H23NO. The lowest BCUT2D eigenvalue weighted by Gasteiger charge is -2.25. The van der Waals surface area contributed by atoms with Crippen molar-refractivity contribution in [1.82, 2.24) is 0 Å². The van der Waals surface area contributed by atoms with E-state index in [1.54, 1.807) is 0 Å². The summed E-state index contributed by atoms with van der Waals surface area (Å²) in [7, 11) is 0. The highest BCUT2D eigenvalue weighted by Gasteiger charge is 2.11. The standard InChI is InChI=1S/C15H23NO/c1-13-12-14(8-11-17)6-7-15(13)16-9-4-2-3-5-10-16/h6-7,12,17H,2-5,8-11H2,1H3. The lowest BCUT2D eigenvalue weighted by molar-refractivity contribution is 0.299. The molecular weight excluding hydrogens is 210 g/mol. The molecule has 1 saturated heterocycles. The van der Waals surface area contributed by atoms with E-state index in [2.05, 4.69) is 30.0 Å². The third-order valence-electron chi connectivity index (χ3n) is 3.61. The van der Waals surface area contributed by atoms with Crippen molar-refractivity contribution in [2.75, 3.05) is 24.6 Å². The minimum absolute atomic E-state index is 0.239. The molecule has 2 rings (SSSR count). The SMILES string of the molecule is Cc1cc(CCO)ccc1N1CCCCCC1. The third kappa shape index (κ3) is 3.22. The number of nitrogens with zero attached hydrogens (tertiary/aromatic N) is 1. The Kier molecular flexibility index (Phi) is 4.43. The van der Waals surface area contributed by atoms with Gasteiger partial charge in [-0.25, -0.2) is 0 Å². The van der Waals surface area contributed by atoms with Gasteiger partial charge in [0.15, 0.2) is 0 Å². The van der Waals surface area contributed by atoms with Crippen molar-refractivity contribution in [2.24, 2.45) is 0 Å². The van der Waals surface area contributed by atoms with Gasteiger partial charge in [0, 0.05) is 25.4 Å². The average molecular weight is 233 g/mol. The Bertz CT molecular complexity index is 354. The summed E-state index contributed by atoms with van der Waals surface area (Å²) in [5, 5.41) is 8.96. The monoisotopic (exact) mass is 233 g/mol. The number of rotatable bonds is 3. The maximum atomic E-state index is 8.96. The number of hydrogen-bond donors (Lipinski definition) is 1. The lowest BCUT2D eigenvalue weighted by Crippen LogP contribution is -2.24. The first-order valence-corrected chi connectivity index (χ1v) is 6.76. The fourth-order valence-corrected chi connectivity index (χ4v) is 2.67. The average Bonchev–Trinajstić information content (AvgIpc) is 2.58. The highest BCUT2D eigenvalue weighted by atomic mass is 16.2. The molecule has 94 valence electrons. The zero-order chi connectivity index (χ0) is 12.1. The summed E-state index contributed by atoms with van der Waals surface area (Å²) in [6.45, 7) is 4.81. The van der Waals surface area contributed by atoms with Crippen molar-refractivity contribution < 1.29 is 5.11 Å². The first-order valence-electron chi connectivity index (χ1n) is 6.76. The van der Waals surface area contributed by atoms with Crippen LogP contribution in [0, 0.1) is 6.92 Å². The van der Waals surface area contributed by atoms with Crippen LogP contribution in [0.25, 0.3) is 0 Å². The number of aliphatic hydroxyl groups excluding tert-OH is 1. The molecule has 0 radical (unpaired) electrons. The van der Waals surface area contributed by atoms with Crippen LogP contribution in [0.1, 0.15) is 36.8 Å². The van der Waals surface area contributed by atoms with Gasteiger partial charge in [-0.05, 0) is 43.4 Å². The van der Waals surface area contributed by atoms with Crippen LogP contribution in [-0.4, -0.2) is 24.8 Å². The van der Waals surface area contributed by atoms with Crippen LogP contribution in [-0.2, 0) is 6.42 Å². The second-order valence-corrected chi connectivity index (χ2v) is 5.00. The van der Waals surface area contributed by atoms with E-state index in [4.69, 9.17) is 5.11 Å². The van der Waals surface area contributed by atoms with E-state index in [1.165, 1.54) is 55.6 Å². The Labute approximate surface area is 104 Å². The van der Waals surface area contributed by atoms with Crippen LogP contribution in [0.3, 0.4) is 0 Å². The molecule has 0 atom stereocenters. The van der Waals surface area contributed by atoms with Crippen LogP contribution < -0.4 is 4.90 Å². The Morgan fingerprint density at radius 2 is 1.82 bits per heavy atom. The van der Waals surface area contributed by atoms with Crippen LogP contribution in [0.5, 0.6) is 0 Å². The minimum atomic E-state index is 0.239. The summed E-state index contributed by atoms with van der Waals surface area (Å²) in [5.74, 6) is 0. The summed E-state index contributed by atoms with van der Waals surface area (Å²) in [4.78, 5) is 2.52. The van der Waals surface area contributed by atoms with Crippen molar-refractivity contribution in [3.63, 3.8) is 0 Å². The van der Waals surface area contributed by atoms with Gasteiger partial charge >= 0.3 is 0 Å². The smallest absolute Gasteiger partial charge is 0.0471 e. The first kappa shape index (κ1) is 12.4. The molecule has 1 heterocycles. The summed E-state index contributed by atoms with van der Waals surface area (Å²) in [5.41, 5.74) is 3.97. The first-order chi connectivity index (χ1) is 8.31. The number of aliphatic hydroxyl groups is 1. The summed E-state index contributed by atoms with van der Waals surface area (Å²) >= 11 is 0. The van der Waals surface area contributed by atoms with E-state index >= 15 is 0 Å². The van der Waals surface area contributed by atoms with Crippen molar-refractivity contribution in [1.29, 1.82) is 0 Å². The molecule has 1 aliphatic rings. The van der Waals surface area contributed by atoms with Crippen molar-refractivity contribution in [3.8, 4) is 0 Å². The van der Waals surface area contributed by atoms with Gasteiger partial charge in [-0.15, -0.1) is 0 Å². The van der Waals surface area contributed by atoms with E-state index in [9.17, 15) is 0 Å². The largest absolute Gasteiger partial charge is 0.396 e. The van der Waals surface area contributed by atoms with Crippen molar-refractivity contribution in [2.45, 2.75) is 39.0 Å². The zero-order valence-corrected chi connectivity index (χ0v) is 10.8. The Morgan fingerprint density at radius 3 is 2.41 bits per heavy atom. The van der Waals surface area contributed by atoms with Crippen molar-refractivity contribution >= 4 is 5.69 Å². The number of anilines is 1. The van der Waals surface area contributed by atoms with E-state index in [1.807, 2.05) is 0 Å². The van der Waals surface area contributed by atoms with E-state index < -0.39 is 0 Å². The molecule has 1 aliphatic heterocycles. The van der Waals surface area contributed by atoms with Crippen LogP contribution >= 0.6 is 0 Å².